The summed E-state index contributed by atoms with van der Waals surface area (Å²) >= 11 is 1.68. The second-order valence-electron chi connectivity index (χ2n) is 7.61. The highest BCUT2D eigenvalue weighted by atomic mass is 32.1. The lowest BCUT2D eigenvalue weighted by atomic mass is 9.98. The minimum absolute atomic E-state index is 0.00111. The van der Waals surface area contributed by atoms with Crippen molar-refractivity contribution in [3.05, 3.63) is 64.9 Å². The van der Waals surface area contributed by atoms with Crippen LogP contribution in [0.25, 0.3) is 11.1 Å². The molecule has 0 saturated heterocycles. The van der Waals surface area contributed by atoms with E-state index in [0.29, 0.717) is 26.2 Å². The van der Waals surface area contributed by atoms with Crippen LogP contribution in [-0.2, 0) is 4.74 Å². The maximum atomic E-state index is 9.45. The molecule has 29 heavy (non-hydrogen) atoms. The van der Waals surface area contributed by atoms with Gasteiger partial charge in [0.05, 0.1) is 19.8 Å². The first-order valence-electron chi connectivity index (χ1n) is 9.77. The van der Waals surface area contributed by atoms with Crippen LogP contribution >= 0.6 is 11.3 Å². The van der Waals surface area contributed by atoms with Crippen LogP contribution in [0.5, 0.6) is 5.75 Å². The Kier molecular flexibility index (Phi) is 9.73. The number of benzene rings is 1. The molecule has 0 aliphatic heterocycles. The number of aliphatic hydroxyl groups is 1. The normalized spacial score (nSPS) is 12.1. The van der Waals surface area contributed by atoms with Gasteiger partial charge in [-0.25, -0.2) is 0 Å². The van der Waals surface area contributed by atoms with E-state index < -0.39 is 0 Å². The predicted octanol–water partition coefficient (Wildman–Crippen LogP) is 5.73. The summed E-state index contributed by atoms with van der Waals surface area (Å²) in [5.74, 6) is 7.02. The summed E-state index contributed by atoms with van der Waals surface area (Å²) in [5.41, 5.74) is 3.28. The smallest absolute Gasteiger partial charge is 0.120 e. The molecule has 0 aliphatic rings. The van der Waals surface area contributed by atoms with Gasteiger partial charge in [-0.1, -0.05) is 36.1 Å². The lowest BCUT2D eigenvalue weighted by Crippen LogP contribution is -2.07. The Balaban J connectivity index is 1.68. The van der Waals surface area contributed by atoms with E-state index >= 15 is 0 Å². The Labute approximate surface area is 178 Å². The van der Waals surface area contributed by atoms with Crippen molar-refractivity contribution in [2.24, 2.45) is 5.41 Å². The van der Waals surface area contributed by atoms with Crippen LogP contribution in [0.4, 0.5) is 0 Å². The van der Waals surface area contributed by atoms with Gasteiger partial charge < -0.3 is 14.6 Å². The van der Waals surface area contributed by atoms with Crippen molar-refractivity contribution in [1.29, 1.82) is 0 Å². The van der Waals surface area contributed by atoms with E-state index in [1.807, 2.05) is 36.4 Å². The van der Waals surface area contributed by atoms with Gasteiger partial charge in [0.1, 0.15) is 12.4 Å². The number of hydrogen-bond donors (Lipinski definition) is 1. The molecular weight excluding hydrogens is 380 g/mol. The third kappa shape index (κ3) is 9.62. The van der Waals surface area contributed by atoms with Gasteiger partial charge in [0.25, 0.3) is 0 Å². The molecule has 0 saturated carbocycles. The Morgan fingerprint density at radius 3 is 2.76 bits per heavy atom. The van der Waals surface area contributed by atoms with Crippen molar-refractivity contribution in [3.8, 4) is 28.7 Å². The molecule has 154 valence electrons. The summed E-state index contributed by atoms with van der Waals surface area (Å²) in [6, 6.07) is 10.2. The lowest BCUT2D eigenvalue weighted by molar-refractivity contribution is 0.120. The standard InChI is InChI=1S/C25H30O3S/c1-25(2,3)13-6-4-5-8-21(19-26)11-14-27-15-16-28-24-10-7-9-22(18-24)23-12-17-29-20-23/h4-5,7,9-12,17-18,20,26H,8,14-16,19H2,1-3H3. The highest BCUT2D eigenvalue weighted by molar-refractivity contribution is 7.08. The van der Waals surface area contributed by atoms with Crippen LogP contribution in [-0.4, -0.2) is 31.5 Å². The van der Waals surface area contributed by atoms with Crippen molar-refractivity contribution in [2.75, 3.05) is 26.4 Å². The number of thiophene rings is 1. The van der Waals surface area contributed by atoms with Gasteiger partial charge in [0.2, 0.25) is 0 Å². The first-order chi connectivity index (χ1) is 14.0. The van der Waals surface area contributed by atoms with Gasteiger partial charge in [-0.15, -0.1) is 0 Å². The quantitative estimate of drug-likeness (QED) is 0.309. The van der Waals surface area contributed by atoms with Crippen LogP contribution in [0.3, 0.4) is 0 Å². The first kappa shape index (κ1) is 23.0. The zero-order valence-corrected chi connectivity index (χ0v) is 18.3. The third-order valence-electron chi connectivity index (χ3n) is 3.91. The number of ether oxygens (including phenoxy) is 2. The Morgan fingerprint density at radius 1 is 1.17 bits per heavy atom. The second kappa shape index (κ2) is 12.3. The molecule has 0 unspecified atom stereocenters. The van der Waals surface area contributed by atoms with Crippen molar-refractivity contribution in [2.45, 2.75) is 27.2 Å². The van der Waals surface area contributed by atoms with E-state index in [-0.39, 0.29) is 12.0 Å². The highest BCUT2D eigenvalue weighted by Crippen LogP contribution is 2.25. The number of rotatable bonds is 10. The SMILES string of the molecule is CC(C)(C)C#CC=CCC(=CCOCCOc1cccc(-c2ccsc2)c1)CO. The van der Waals surface area contributed by atoms with E-state index in [1.54, 1.807) is 11.3 Å². The fraction of sp³-hybridized carbons (Fsp3) is 0.360. The second-order valence-corrected chi connectivity index (χ2v) is 8.39. The summed E-state index contributed by atoms with van der Waals surface area (Å²) in [7, 11) is 0. The molecule has 0 spiro atoms. The molecule has 1 heterocycles. The number of allylic oxidation sites excluding steroid dienone is 2. The maximum absolute atomic E-state index is 9.45. The van der Waals surface area contributed by atoms with Crippen LogP contribution in [0, 0.1) is 17.3 Å². The van der Waals surface area contributed by atoms with Crippen molar-refractivity contribution in [1.82, 2.24) is 0 Å². The minimum atomic E-state index is 0.00111. The molecule has 0 fully saturated rings. The van der Waals surface area contributed by atoms with Crippen LogP contribution in [0.15, 0.2) is 64.9 Å². The van der Waals surface area contributed by atoms with Gasteiger partial charge in [-0.2, -0.15) is 11.3 Å². The van der Waals surface area contributed by atoms with Crippen LogP contribution < -0.4 is 4.74 Å². The summed E-state index contributed by atoms with van der Waals surface area (Å²) in [5, 5.41) is 13.6. The number of hydrogen-bond acceptors (Lipinski definition) is 4. The van der Waals surface area contributed by atoms with Gasteiger partial charge in [0, 0.05) is 5.41 Å². The van der Waals surface area contributed by atoms with E-state index in [2.05, 4.69) is 55.5 Å². The molecule has 0 atom stereocenters. The molecule has 0 radical (unpaired) electrons. The molecule has 3 nitrogen and oxygen atoms in total. The van der Waals surface area contributed by atoms with Gasteiger partial charge in [-0.05, 0) is 78.9 Å². The summed E-state index contributed by atoms with van der Waals surface area (Å²) in [6.07, 6.45) is 6.39. The fourth-order valence-corrected chi connectivity index (χ4v) is 3.08. The Morgan fingerprint density at radius 2 is 2.03 bits per heavy atom. The van der Waals surface area contributed by atoms with Gasteiger partial charge in [-0.3, -0.25) is 0 Å². The summed E-state index contributed by atoms with van der Waals surface area (Å²) < 4.78 is 11.4. The third-order valence-corrected chi connectivity index (χ3v) is 4.59. The molecular formula is C25H30O3S. The van der Waals surface area contributed by atoms with E-state index in [1.165, 1.54) is 5.56 Å². The first-order valence-corrected chi connectivity index (χ1v) is 10.7. The van der Waals surface area contributed by atoms with E-state index in [0.717, 1.165) is 16.9 Å². The van der Waals surface area contributed by atoms with Crippen LogP contribution in [0.2, 0.25) is 0 Å². The van der Waals surface area contributed by atoms with E-state index in [9.17, 15) is 5.11 Å². The largest absolute Gasteiger partial charge is 0.491 e. The predicted molar refractivity (Wildman–Crippen MR) is 122 cm³/mol. The van der Waals surface area contributed by atoms with E-state index in [4.69, 9.17) is 9.47 Å². The summed E-state index contributed by atoms with van der Waals surface area (Å²) in [6.45, 7) is 7.68. The average Bonchev–Trinajstić information content (AvgIpc) is 3.23. The molecule has 2 rings (SSSR count). The molecule has 1 aromatic carbocycles. The molecule has 0 bridgehead atoms. The molecule has 4 heteroatoms. The minimum Gasteiger partial charge on any atom is -0.491 e. The number of aliphatic hydroxyl groups excluding tert-OH is 1. The highest BCUT2D eigenvalue weighted by Gasteiger charge is 2.02. The monoisotopic (exact) mass is 410 g/mol. The Hall–Kier alpha value is -2.32. The van der Waals surface area contributed by atoms with Gasteiger partial charge in [0.15, 0.2) is 0 Å². The average molecular weight is 411 g/mol. The van der Waals surface area contributed by atoms with Crippen molar-refractivity contribution < 1.29 is 14.6 Å². The van der Waals surface area contributed by atoms with Crippen molar-refractivity contribution >= 4 is 11.3 Å². The van der Waals surface area contributed by atoms with Gasteiger partial charge >= 0.3 is 0 Å². The zero-order valence-electron chi connectivity index (χ0n) is 17.5. The molecule has 1 N–H and O–H groups in total. The van der Waals surface area contributed by atoms with Crippen molar-refractivity contribution in [3.63, 3.8) is 0 Å². The molecule has 2 aromatic rings. The summed E-state index contributed by atoms with van der Waals surface area (Å²) in [4.78, 5) is 0. The maximum Gasteiger partial charge on any atom is 0.120 e. The molecule has 0 amide bonds. The molecule has 1 aromatic heterocycles. The fourth-order valence-electron chi connectivity index (χ4n) is 2.41. The van der Waals surface area contributed by atoms with Crippen LogP contribution in [0.1, 0.15) is 27.2 Å². The zero-order chi connectivity index (χ0) is 21.0. The lowest BCUT2D eigenvalue weighted by Gasteiger charge is -2.08. The Bertz CT molecular complexity index is 846. The topological polar surface area (TPSA) is 38.7 Å². The molecule has 0 aliphatic carbocycles.